The van der Waals surface area contributed by atoms with Gasteiger partial charge in [0.05, 0.1) is 22.1 Å². The summed E-state index contributed by atoms with van der Waals surface area (Å²) >= 11 is 0. The molecule has 0 N–H and O–H groups in total. The number of pyridine rings is 1. The van der Waals surface area contributed by atoms with Gasteiger partial charge in [0.2, 0.25) is 0 Å². The van der Waals surface area contributed by atoms with Crippen LogP contribution < -0.4 is 4.74 Å². The number of ether oxygens (including phenoxy) is 1. The SMILES string of the molecule is CC(C)(C)c1ccnc(-n2c3ccccc3c3ccc(Oc4ccc5c(c4)-c4nc6ccccc6n4CC5)cc32)c1. The molecule has 8 rings (SSSR count). The second-order valence-electron chi connectivity index (χ2n) is 11.9. The highest BCUT2D eigenvalue weighted by Gasteiger charge is 2.22. The van der Waals surface area contributed by atoms with Gasteiger partial charge in [0.1, 0.15) is 23.1 Å². The van der Waals surface area contributed by atoms with Crippen molar-refractivity contribution in [2.45, 2.75) is 39.2 Å². The first-order valence-corrected chi connectivity index (χ1v) is 14.2. The van der Waals surface area contributed by atoms with Crippen LogP contribution >= 0.6 is 0 Å². The molecule has 0 bridgehead atoms. The minimum atomic E-state index is 0.0255. The summed E-state index contributed by atoms with van der Waals surface area (Å²) in [5, 5.41) is 2.37. The molecule has 1 aliphatic rings. The third-order valence-electron chi connectivity index (χ3n) is 8.30. The zero-order valence-electron chi connectivity index (χ0n) is 23.4. The van der Waals surface area contributed by atoms with Crippen LogP contribution in [0.4, 0.5) is 0 Å². The maximum absolute atomic E-state index is 6.54. The maximum Gasteiger partial charge on any atom is 0.141 e. The summed E-state index contributed by atoms with van der Waals surface area (Å²) in [6.07, 6.45) is 2.90. The van der Waals surface area contributed by atoms with Crippen molar-refractivity contribution in [1.29, 1.82) is 0 Å². The van der Waals surface area contributed by atoms with E-state index in [-0.39, 0.29) is 5.41 Å². The van der Waals surface area contributed by atoms with Gasteiger partial charge in [-0.05, 0) is 77.6 Å². The van der Waals surface area contributed by atoms with Gasteiger partial charge >= 0.3 is 0 Å². The van der Waals surface area contributed by atoms with Crippen LogP contribution in [0.1, 0.15) is 31.9 Å². The lowest BCUT2D eigenvalue weighted by atomic mass is 9.88. The number of rotatable bonds is 3. The van der Waals surface area contributed by atoms with E-state index >= 15 is 0 Å². The lowest BCUT2D eigenvalue weighted by Gasteiger charge is -2.20. The average molecular weight is 535 g/mol. The summed E-state index contributed by atoms with van der Waals surface area (Å²) in [6.45, 7) is 7.64. The minimum absolute atomic E-state index is 0.0255. The number of hydrogen-bond acceptors (Lipinski definition) is 3. The van der Waals surface area contributed by atoms with Crippen molar-refractivity contribution in [3.63, 3.8) is 0 Å². The van der Waals surface area contributed by atoms with Crippen molar-refractivity contribution in [3.8, 4) is 28.7 Å². The largest absolute Gasteiger partial charge is 0.457 e. The second kappa shape index (κ2) is 8.80. The van der Waals surface area contributed by atoms with E-state index in [0.29, 0.717) is 0 Å². The third kappa shape index (κ3) is 3.84. The molecule has 1 aliphatic heterocycles. The molecular weight excluding hydrogens is 504 g/mol. The molecule has 7 aromatic rings. The Labute approximate surface area is 238 Å². The van der Waals surface area contributed by atoms with Crippen LogP contribution in [0.5, 0.6) is 11.5 Å². The van der Waals surface area contributed by atoms with Gasteiger partial charge in [-0.15, -0.1) is 0 Å². The van der Waals surface area contributed by atoms with E-state index in [4.69, 9.17) is 14.7 Å². The topological polar surface area (TPSA) is 44.9 Å². The van der Waals surface area contributed by atoms with Gasteiger partial charge in [-0.2, -0.15) is 0 Å². The van der Waals surface area contributed by atoms with Crippen molar-refractivity contribution >= 4 is 32.8 Å². The first kappa shape index (κ1) is 23.9. The van der Waals surface area contributed by atoms with Crippen molar-refractivity contribution in [2.24, 2.45) is 0 Å². The monoisotopic (exact) mass is 534 g/mol. The van der Waals surface area contributed by atoms with E-state index in [1.807, 2.05) is 12.3 Å². The third-order valence-corrected chi connectivity index (χ3v) is 8.30. The molecule has 0 spiro atoms. The summed E-state index contributed by atoms with van der Waals surface area (Å²) in [5.74, 6) is 3.52. The van der Waals surface area contributed by atoms with Gasteiger partial charge in [-0.3, -0.25) is 4.57 Å². The first-order valence-electron chi connectivity index (χ1n) is 14.2. The Morgan fingerprint density at radius 3 is 2.37 bits per heavy atom. The average Bonchev–Trinajstić information content (AvgIpc) is 3.53. The molecule has 4 heterocycles. The number of para-hydroxylation sites is 3. The fourth-order valence-corrected chi connectivity index (χ4v) is 6.19. The van der Waals surface area contributed by atoms with E-state index in [1.165, 1.54) is 27.4 Å². The Bertz CT molecular complexity index is 2130. The second-order valence-corrected chi connectivity index (χ2v) is 11.9. The molecule has 0 aliphatic carbocycles. The number of aryl methyl sites for hydroxylation is 2. The molecular formula is C36H30N4O. The van der Waals surface area contributed by atoms with Gasteiger partial charge in [-0.25, -0.2) is 9.97 Å². The number of hydrogen-bond donors (Lipinski definition) is 0. The van der Waals surface area contributed by atoms with Crippen molar-refractivity contribution in [2.75, 3.05) is 0 Å². The molecule has 0 radical (unpaired) electrons. The Balaban J connectivity index is 1.24. The molecule has 4 aromatic carbocycles. The molecule has 0 unspecified atom stereocenters. The molecule has 0 saturated carbocycles. The number of nitrogens with zero attached hydrogens (tertiary/aromatic N) is 4. The van der Waals surface area contributed by atoms with Gasteiger partial charge in [-0.1, -0.05) is 57.2 Å². The Kier molecular flexibility index (Phi) is 5.14. The number of benzene rings is 4. The van der Waals surface area contributed by atoms with Crippen LogP contribution in [0.15, 0.2) is 103 Å². The minimum Gasteiger partial charge on any atom is -0.457 e. The maximum atomic E-state index is 6.54. The normalized spacial score (nSPS) is 13.0. The molecule has 200 valence electrons. The van der Waals surface area contributed by atoms with Crippen LogP contribution in [0.3, 0.4) is 0 Å². The van der Waals surface area contributed by atoms with Crippen molar-refractivity contribution in [1.82, 2.24) is 19.1 Å². The molecule has 0 atom stereocenters. The molecule has 0 fully saturated rings. The highest BCUT2D eigenvalue weighted by molar-refractivity contribution is 6.09. The predicted octanol–water partition coefficient (Wildman–Crippen LogP) is 8.84. The summed E-state index contributed by atoms with van der Waals surface area (Å²) in [6, 6.07) is 34.0. The van der Waals surface area contributed by atoms with Gasteiger partial charge in [0, 0.05) is 35.1 Å². The Hall–Kier alpha value is -4.90. The highest BCUT2D eigenvalue weighted by Crippen LogP contribution is 2.38. The molecule has 5 nitrogen and oxygen atoms in total. The first-order chi connectivity index (χ1) is 19.9. The van der Waals surface area contributed by atoms with Crippen LogP contribution in [-0.4, -0.2) is 19.1 Å². The van der Waals surface area contributed by atoms with Crippen molar-refractivity contribution in [3.05, 3.63) is 114 Å². The van der Waals surface area contributed by atoms with Gasteiger partial charge in [0.15, 0.2) is 0 Å². The standard InChI is InChI=1S/C36H30N4O/c1-36(2,3)24-16-18-37-34(20-24)40-31-10-6-4-8-27(31)28-15-14-26(22-33(28)40)41-25-13-12-23-17-19-39-32-11-7-5-9-30(32)38-35(39)29(23)21-25/h4-16,18,20-22H,17,19H2,1-3H3. The highest BCUT2D eigenvalue weighted by atomic mass is 16.5. The number of aromatic nitrogens is 4. The summed E-state index contributed by atoms with van der Waals surface area (Å²) in [7, 11) is 0. The van der Waals surface area contributed by atoms with Gasteiger partial charge in [0.25, 0.3) is 0 Å². The van der Waals surface area contributed by atoms with Crippen LogP contribution in [0.2, 0.25) is 0 Å². The van der Waals surface area contributed by atoms with E-state index in [1.54, 1.807) is 0 Å². The molecule has 0 amide bonds. The zero-order chi connectivity index (χ0) is 27.7. The van der Waals surface area contributed by atoms with Crippen molar-refractivity contribution < 1.29 is 4.74 Å². The zero-order valence-corrected chi connectivity index (χ0v) is 23.4. The molecule has 0 saturated heterocycles. The summed E-state index contributed by atoms with van der Waals surface area (Å²) < 4.78 is 11.1. The van der Waals surface area contributed by atoms with E-state index in [0.717, 1.165) is 58.2 Å². The van der Waals surface area contributed by atoms with E-state index in [2.05, 4.69) is 121 Å². The fourth-order valence-electron chi connectivity index (χ4n) is 6.19. The number of imidazole rings is 1. The van der Waals surface area contributed by atoms with E-state index < -0.39 is 0 Å². The van der Waals surface area contributed by atoms with Crippen LogP contribution in [-0.2, 0) is 18.4 Å². The van der Waals surface area contributed by atoms with E-state index in [9.17, 15) is 0 Å². The lowest BCUT2D eigenvalue weighted by molar-refractivity contribution is 0.483. The predicted molar refractivity (Wildman–Crippen MR) is 166 cm³/mol. The fraction of sp³-hybridized carbons (Fsp3) is 0.167. The Morgan fingerprint density at radius 2 is 1.49 bits per heavy atom. The molecule has 3 aromatic heterocycles. The quantitative estimate of drug-likeness (QED) is 0.227. The van der Waals surface area contributed by atoms with Gasteiger partial charge < -0.3 is 9.30 Å². The summed E-state index contributed by atoms with van der Waals surface area (Å²) in [5.41, 5.74) is 8.14. The van der Waals surface area contributed by atoms with Crippen LogP contribution in [0.25, 0.3) is 50.0 Å². The molecule has 5 heteroatoms. The molecule has 41 heavy (non-hydrogen) atoms. The number of fused-ring (bicyclic) bond motifs is 8. The summed E-state index contributed by atoms with van der Waals surface area (Å²) in [4.78, 5) is 9.78. The van der Waals surface area contributed by atoms with Crippen LogP contribution in [0, 0.1) is 0 Å². The Morgan fingerprint density at radius 1 is 0.732 bits per heavy atom. The lowest BCUT2D eigenvalue weighted by Crippen LogP contribution is -2.12. The smallest absolute Gasteiger partial charge is 0.141 e.